The van der Waals surface area contributed by atoms with Crippen LogP contribution in [0.25, 0.3) is 0 Å². The van der Waals surface area contributed by atoms with Gasteiger partial charge in [-0.05, 0) is 37.0 Å². The summed E-state index contributed by atoms with van der Waals surface area (Å²) >= 11 is 0. The Balaban J connectivity index is 1.79. The van der Waals surface area contributed by atoms with Crippen molar-refractivity contribution in [3.8, 4) is 0 Å². The van der Waals surface area contributed by atoms with Crippen LogP contribution >= 0.6 is 0 Å². The van der Waals surface area contributed by atoms with Crippen LogP contribution in [0.4, 0.5) is 5.69 Å². The van der Waals surface area contributed by atoms with E-state index in [1.807, 2.05) is 0 Å². The van der Waals surface area contributed by atoms with E-state index in [1.165, 1.54) is 24.9 Å². The zero-order valence-electron chi connectivity index (χ0n) is 11.7. The van der Waals surface area contributed by atoms with Gasteiger partial charge in [-0.25, -0.2) is 13.6 Å². The molecule has 1 aromatic rings. The Kier molecular flexibility index (Phi) is 5.39. The number of rotatable bonds is 6. The molecular formula is C14H23N3O2S. The number of hydrogen-bond donors (Lipinski definition) is 2. The fourth-order valence-corrected chi connectivity index (χ4v) is 2.85. The van der Waals surface area contributed by atoms with E-state index in [2.05, 4.69) is 34.5 Å². The first-order valence-corrected chi connectivity index (χ1v) is 8.81. The number of nitrogens with two attached hydrogens (primary N) is 1. The number of nitrogens with one attached hydrogen (secondary N) is 1. The van der Waals surface area contributed by atoms with Crippen molar-refractivity contribution in [3.63, 3.8) is 0 Å². The highest BCUT2D eigenvalue weighted by molar-refractivity contribution is 7.89. The fraction of sp³-hybridized carbons (Fsp3) is 0.571. The van der Waals surface area contributed by atoms with Gasteiger partial charge in [0, 0.05) is 31.9 Å². The molecule has 0 unspecified atom stereocenters. The lowest BCUT2D eigenvalue weighted by atomic mass is 10.1. The Morgan fingerprint density at radius 1 is 1.10 bits per heavy atom. The Labute approximate surface area is 121 Å². The molecule has 0 bridgehead atoms. The van der Waals surface area contributed by atoms with E-state index >= 15 is 0 Å². The molecule has 1 aliphatic rings. The van der Waals surface area contributed by atoms with E-state index in [0.717, 1.165) is 18.7 Å². The van der Waals surface area contributed by atoms with Gasteiger partial charge in [-0.2, -0.15) is 0 Å². The lowest BCUT2D eigenvalue weighted by Crippen LogP contribution is -2.29. The van der Waals surface area contributed by atoms with Crippen molar-refractivity contribution >= 4 is 15.7 Å². The van der Waals surface area contributed by atoms with Gasteiger partial charge in [0.2, 0.25) is 10.0 Å². The summed E-state index contributed by atoms with van der Waals surface area (Å²) in [6.07, 6.45) is 3.89. The molecule has 1 saturated heterocycles. The van der Waals surface area contributed by atoms with Crippen molar-refractivity contribution < 1.29 is 8.42 Å². The summed E-state index contributed by atoms with van der Waals surface area (Å²) in [7, 11) is -3.37. The van der Waals surface area contributed by atoms with E-state index in [4.69, 9.17) is 5.14 Å². The number of primary sulfonamides is 1. The molecule has 0 amide bonds. The molecule has 0 radical (unpaired) electrons. The average molecular weight is 297 g/mol. The molecule has 1 heterocycles. The van der Waals surface area contributed by atoms with Gasteiger partial charge < -0.3 is 10.2 Å². The predicted molar refractivity (Wildman–Crippen MR) is 82.2 cm³/mol. The van der Waals surface area contributed by atoms with Crippen LogP contribution in [0, 0.1) is 0 Å². The summed E-state index contributed by atoms with van der Waals surface area (Å²) < 4.78 is 21.6. The van der Waals surface area contributed by atoms with E-state index in [-0.39, 0.29) is 5.75 Å². The first-order valence-electron chi connectivity index (χ1n) is 7.10. The Bertz CT molecular complexity index is 508. The molecule has 0 saturated carbocycles. The largest absolute Gasteiger partial charge is 0.372 e. The molecule has 6 heteroatoms. The molecule has 5 nitrogen and oxygen atoms in total. The summed E-state index contributed by atoms with van der Waals surface area (Å²) in [5.41, 5.74) is 2.43. The summed E-state index contributed by atoms with van der Waals surface area (Å²) in [6.45, 7) is 3.33. The highest BCUT2D eigenvalue weighted by Crippen LogP contribution is 2.20. The van der Waals surface area contributed by atoms with Crippen LogP contribution in [0.2, 0.25) is 0 Å². The van der Waals surface area contributed by atoms with Gasteiger partial charge in [0.05, 0.1) is 5.75 Å². The molecule has 112 valence electrons. The third-order valence-corrected chi connectivity index (χ3v) is 4.32. The first kappa shape index (κ1) is 15.3. The zero-order valence-corrected chi connectivity index (χ0v) is 12.5. The molecule has 0 aliphatic carbocycles. The quantitative estimate of drug-likeness (QED) is 0.770. The van der Waals surface area contributed by atoms with Crippen LogP contribution in [-0.4, -0.2) is 33.8 Å². The maximum atomic E-state index is 10.8. The van der Waals surface area contributed by atoms with E-state index in [9.17, 15) is 8.42 Å². The minimum atomic E-state index is -3.37. The second-order valence-electron chi connectivity index (χ2n) is 5.26. The number of anilines is 1. The summed E-state index contributed by atoms with van der Waals surface area (Å²) in [5.74, 6) is -0.0289. The van der Waals surface area contributed by atoms with Crippen molar-refractivity contribution in [2.24, 2.45) is 5.14 Å². The van der Waals surface area contributed by atoms with Crippen molar-refractivity contribution in [1.82, 2.24) is 5.32 Å². The lowest BCUT2D eigenvalue weighted by Gasteiger charge is -2.28. The van der Waals surface area contributed by atoms with Crippen LogP contribution in [0.5, 0.6) is 0 Å². The second-order valence-corrected chi connectivity index (χ2v) is 6.99. The van der Waals surface area contributed by atoms with Crippen molar-refractivity contribution in [1.29, 1.82) is 0 Å². The van der Waals surface area contributed by atoms with Gasteiger partial charge in [-0.3, -0.25) is 0 Å². The second kappa shape index (κ2) is 7.06. The van der Waals surface area contributed by atoms with Crippen LogP contribution < -0.4 is 15.4 Å². The zero-order chi connectivity index (χ0) is 14.4. The monoisotopic (exact) mass is 297 g/mol. The van der Waals surface area contributed by atoms with Gasteiger partial charge in [-0.1, -0.05) is 12.1 Å². The highest BCUT2D eigenvalue weighted by Gasteiger charge is 2.10. The summed E-state index contributed by atoms with van der Waals surface area (Å²) in [6, 6.07) is 8.46. The summed E-state index contributed by atoms with van der Waals surface area (Å²) in [4.78, 5) is 2.42. The van der Waals surface area contributed by atoms with E-state index in [1.54, 1.807) is 0 Å². The molecule has 1 fully saturated rings. The third kappa shape index (κ3) is 5.11. The highest BCUT2D eigenvalue weighted by atomic mass is 32.2. The standard InChI is InChI=1S/C14H23N3O2S/c15-20(18,19)11-8-16-12-13-4-6-14(7-5-13)17-9-2-1-3-10-17/h4-7,16H,1-3,8-12H2,(H2,15,18,19). The van der Waals surface area contributed by atoms with Gasteiger partial charge in [0.1, 0.15) is 0 Å². The Hall–Kier alpha value is -1.11. The molecule has 0 spiro atoms. The SMILES string of the molecule is NS(=O)(=O)CCNCc1ccc(N2CCCCC2)cc1. The van der Waals surface area contributed by atoms with Crippen LogP contribution in [0.15, 0.2) is 24.3 Å². The van der Waals surface area contributed by atoms with Crippen LogP contribution in [0.1, 0.15) is 24.8 Å². The Morgan fingerprint density at radius 3 is 2.35 bits per heavy atom. The van der Waals surface area contributed by atoms with Crippen molar-refractivity contribution in [3.05, 3.63) is 29.8 Å². The summed E-state index contributed by atoms with van der Waals surface area (Å²) in [5, 5.41) is 8.03. The van der Waals surface area contributed by atoms with Crippen molar-refractivity contribution in [2.45, 2.75) is 25.8 Å². The van der Waals surface area contributed by atoms with Gasteiger partial charge in [-0.15, -0.1) is 0 Å². The number of piperidine rings is 1. The van der Waals surface area contributed by atoms with Crippen molar-refractivity contribution in [2.75, 3.05) is 30.3 Å². The molecule has 1 aliphatic heterocycles. The minimum Gasteiger partial charge on any atom is -0.372 e. The van der Waals surface area contributed by atoms with E-state index < -0.39 is 10.0 Å². The number of hydrogen-bond acceptors (Lipinski definition) is 4. The molecular weight excluding hydrogens is 274 g/mol. The number of sulfonamides is 1. The van der Waals surface area contributed by atoms with E-state index in [0.29, 0.717) is 13.1 Å². The normalized spacial score (nSPS) is 16.4. The first-order chi connectivity index (χ1) is 9.54. The van der Waals surface area contributed by atoms with Crippen LogP contribution in [-0.2, 0) is 16.6 Å². The maximum Gasteiger partial charge on any atom is 0.210 e. The average Bonchev–Trinajstić information content (AvgIpc) is 2.44. The van der Waals surface area contributed by atoms with Crippen LogP contribution in [0.3, 0.4) is 0 Å². The van der Waals surface area contributed by atoms with Gasteiger partial charge in [0.15, 0.2) is 0 Å². The topological polar surface area (TPSA) is 75.4 Å². The minimum absolute atomic E-state index is 0.0289. The molecule has 2 rings (SSSR count). The van der Waals surface area contributed by atoms with Gasteiger partial charge in [0.25, 0.3) is 0 Å². The smallest absolute Gasteiger partial charge is 0.210 e. The van der Waals surface area contributed by atoms with Gasteiger partial charge >= 0.3 is 0 Å². The lowest BCUT2D eigenvalue weighted by molar-refractivity contribution is 0.578. The Morgan fingerprint density at radius 2 is 1.75 bits per heavy atom. The third-order valence-electron chi connectivity index (χ3n) is 3.55. The molecule has 20 heavy (non-hydrogen) atoms. The number of nitrogens with zero attached hydrogens (tertiary/aromatic N) is 1. The fourth-order valence-electron chi connectivity index (χ4n) is 2.42. The molecule has 1 aromatic carbocycles. The molecule has 3 N–H and O–H groups in total. The number of benzene rings is 1. The molecule has 0 atom stereocenters. The maximum absolute atomic E-state index is 10.8. The molecule has 0 aromatic heterocycles. The predicted octanol–water partition coefficient (Wildman–Crippen LogP) is 1.06.